The van der Waals surface area contributed by atoms with Crippen molar-refractivity contribution in [3.05, 3.63) is 77.7 Å². The van der Waals surface area contributed by atoms with Crippen LogP contribution in [0.1, 0.15) is 35.7 Å². The summed E-state index contributed by atoms with van der Waals surface area (Å²) < 4.78 is 5.26. The van der Waals surface area contributed by atoms with Crippen molar-refractivity contribution in [1.29, 1.82) is 0 Å². The van der Waals surface area contributed by atoms with E-state index < -0.39 is 0 Å². The third-order valence-corrected chi connectivity index (χ3v) is 4.21. The Morgan fingerprint density at radius 3 is 2.13 bits per heavy atom. The van der Waals surface area contributed by atoms with E-state index in [1.54, 1.807) is 12.1 Å². The van der Waals surface area contributed by atoms with Gasteiger partial charge in [-0.05, 0) is 19.1 Å². The van der Waals surface area contributed by atoms with E-state index >= 15 is 0 Å². The number of nitrogens with zero attached hydrogens (tertiary/aromatic N) is 1. The Morgan fingerprint density at radius 1 is 0.957 bits per heavy atom. The van der Waals surface area contributed by atoms with Gasteiger partial charge in [-0.15, -0.1) is 0 Å². The number of hydrogen-bond acceptors (Lipinski definition) is 4. The lowest BCUT2D eigenvalue weighted by Gasteiger charge is -2.02. The van der Waals surface area contributed by atoms with E-state index in [0.29, 0.717) is 11.3 Å². The highest BCUT2D eigenvalue weighted by Gasteiger charge is 2.22. The first kappa shape index (κ1) is 17.0. The smallest absolute Gasteiger partial charge is 0.232 e. The van der Waals surface area contributed by atoms with E-state index in [0.717, 1.165) is 15.5 Å². The molecule has 4 heteroatoms. The minimum absolute atomic E-state index is 0.144. The van der Waals surface area contributed by atoms with E-state index in [-0.39, 0.29) is 5.78 Å². The van der Waals surface area contributed by atoms with Gasteiger partial charge < -0.3 is 4.52 Å². The predicted octanol–water partition coefficient (Wildman–Crippen LogP) is 5.39. The van der Waals surface area contributed by atoms with Gasteiger partial charge in [0.15, 0.2) is 0 Å². The molecule has 0 aliphatic heterocycles. The molecule has 3 aromatic rings. The highest BCUT2D eigenvalue weighted by Crippen LogP contribution is 2.33. The standard InChI is InChI=1S/C17H13NO2S.C2H6/c1-12-17(21-14-10-6-3-7-11-14)16(20-18-12)15(19)13-8-4-2-5-9-13;1-2/h2-11H,1H3;1-2H3. The zero-order valence-electron chi connectivity index (χ0n) is 13.4. The summed E-state index contributed by atoms with van der Waals surface area (Å²) in [6.45, 7) is 5.84. The van der Waals surface area contributed by atoms with Crippen molar-refractivity contribution in [3.8, 4) is 0 Å². The molecule has 118 valence electrons. The largest absolute Gasteiger partial charge is 0.351 e. The molecule has 0 radical (unpaired) electrons. The molecular formula is C19H19NO2S. The number of hydrogen-bond donors (Lipinski definition) is 0. The molecule has 0 unspecified atom stereocenters. The average Bonchev–Trinajstić information content (AvgIpc) is 2.98. The van der Waals surface area contributed by atoms with Crippen LogP contribution in [0.2, 0.25) is 0 Å². The zero-order valence-corrected chi connectivity index (χ0v) is 14.3. The topological polar surface area (TPSA) is 43.1 Å². The summed E-state index contributed by atoms with van der Waals surface area (Å²) in [6, 6.07) is 19.0. The second-order valence-electron chi connectivity index (χ2n) is 4.54. The van der Waals surface area contributed by atoms with Gasteiger partial charge in [-0.25, -0.2) is 0 Å². The van der Waals surface area contributed by atoms with Crippen molar-refractivity contribution in [1.82, 2.24) is 5.16 Å². The molecule has 2 aromatic carbocycles. The van der Waals surface area contributed by atoms with Gasteiger partial charge in [0.1, 0.15) is 0 Å². The molecular weight excluding hydrogens is 306 g/mol. The lowest BCUT2D eigenvalue weighted by atomic mass is 10.1. The summed E-state index contributed by atoms with van der Waals surface area (Å²) in [4.78, 5) is 14.3. The molecule has 0 aliphatic carbocycles. The summed E-state index contributed by atoms with van der Waals surface area (Å²) in [5, 5.41) is 3.94. The minimum atomic E-state index is -0.144. The third-order valence-electron chi connectivity index (χ3n) is 3.01. The Labute approximate surface area is 140 Å². The highest BCUT2D eigenvalue weighted by atomic mass is 32.2. The summed E-state index contributed by atoms with van der Waals surface area (Å²) in [7, 11) is 0. The van der Waals surface area contributed by atoms with E-state index in [4.69, 9.17) is 4.52 Å². The number of ketones is 1. The summed E-state index contributed by atoms with van der Waals surface area (Å²) in [6.07, 6.45) is 0. The van der Waals surface area contributed by atoms with Crippen LogP contribution in [0.25, 0.3) is 0 Å². The number of carbonyl (C=O) groups excluding carboxylic acids is 1. The van der Waals surface area contributed by atoms with Gasteiger partial charge in [-0.2, -0.15) is 0 Å². The molecule has 1 heterocycles. The van der Waals surface area contributed by atoms with Gasteiger partial charge in [0, 0.05) is 10.5 Å². The quantitative estimate of drug-likeness (QED) is 0.603. The molecule has 3 nitrogen and oxygen atoms in total. The molecule has 0 amide bonds. The third kappa shape index (κ3) is 4.11. The molecule has 23 heavy (non-hydrogen) atoms. The Morgan fingerprint density at radius 2 is 1.52 bits per heavy atom. The number of benzene rings is 2. The SMILES string of the molecule is CC.Cc1noc(C(=O)c2ccccc2)c1Sc1ccccc1. The molecule has 3 rings (SSSR count). The van der Waals surface area contributed by atoms with E-state index in [1.807, 2.05) is 69.3 Å². The lowest BCUT2D eigenvalue weighted by molar-refractivity contribution is 0.0996. The Kier molecular flexibility index (Phi) is 6.18. The number of aromatic nitrogens is 1. The second-order valence-corrected chi connectivity index (χ2v) is 5.62. The number of carbonyl (C=O) groups is 1. The van der Waals surface area contributed by atoms with Gasteiger partial charge >= 0.3 is 0 Å². The van der Waals surface area contributed by atoms with Gasteiger partial charge in [-0.1, -0.05) is 79.3 Å². The molecule has 0 N–H and O–H groups in total. The van der Waals surface area contributed by atoms with Crippen LogP contribution >= 0.6 is 11.8 Å². The zero-order chi connectivity index (χ0) is 16.7. The van der Waals surface area contributed by atoms with Crippen molar-refractivity contribution in [2.75, 3.05) is 0 Å². The van der Waals surface area contributed by atoms with E-state index in [1.165, 1.54) is 11.8 Å². The van der Waals surface area contributed by atoms with Crippen molar-refractivity contribution in [2.45, 2.75) is 30.6 Å². The molecule has 0 saturated carbocycles. The van der Waals surface area contributed by atoms with Crippen molar-refractivity contribution in [2.24, 2.45) is 0 Å². The van der Waals surface area contributed by atoms with E-state index in [9.17, 15) is 4.79 Å². The molecule has 0 fully saturated rings. The van der Waals surface area contributed by atoms with Gasteiger partial charge in [0.2, 0.25) is 11.5 Å². The fourth-order valence-corrected chi connectivity index (χ4v) is 2.89. The fourth-order valence-electron chi connectivity index (χ4n) is 1.95. The maximum absolute atomic E-state index is 12.5. The molecule has 0 spiro atoms. The fraction of sp³-hybridized carbons (Fsp3) is 0.158. The highest BCUT2D eigenvalue weighted by molar-refractivity contribution is 7.99. The van der Waals surface area contributed by atoms with Crippen LogP contribution < -0.4 is 0 Å². The first-order chi connectivity index (χ1) is 11.3. The lowest BCUT2D eigenvalue weighted by Crippen LogP contribution is -2.00. The van der Waals surface area contributed by atoms with E-state index in [2.05, 4.69) is 5.16 Å². The maximum Gasteiger partial charge on any atom is 0.232 e. The van der Waals surface area contributed by atoms with Crippen molar-refractivity contribution in [3.63, 3.8) is 0 Å². The van der Waals surface area contributed by atoms with Crippen LogP contribution in [0.5, 0.6) is 0 Å². The van der Waals surface area contributed by atoms with Gasteiger partial charge in [-0.3, -0.25) is 4.79 Å². The van der Waals surface area contributed by atoms with Crippen LogP contribution in [0, 0.1) is 6.92 Å². The van der Waals surface area contributed by atoms with Crippen LogP contribution in [0.3, 0.4) is 0 Å². The van der Waals surface area contributed by atoms with Crippen molar-refractivity contribution >= 4 is 17.5 Å². The summed E-state index contributed by atoms with van der Waals surface area (Å²) >= 11 is 1.49. The van der Waals surface area contributed by atoms with Crippen LogP contribution in [-0.2, 0) is 0 Å². The monoisotopic (exact) mass is 325 g/mol. The first-order valence-electron chi connectivity index (χ1n) is 7.54. The summed E-state index contributed by atoms with van der Waals surface area (Å²) in [5.74, 6) is 0.155. The van der Waals surface area contributed by atoms with Gasteiger partial charge in [0.25, 0.3) is 0 Å². The second kappa shape index (κ2) is 8.34. The molecule has 0 bridgehead atoms. The normalized spacial score (nSPS) is 9.87. The Bertz CT molecular complexity index is 752. The number of aryl methyl sites for hydroxylation is 1. The van der Waals surface area contributed by atoms with Crippen LogP contribution in [0.4, 0.5) is 0 Å². The first-order valence-corrected chi connectivity index (χ1v) is 8.36. The minimum Gasteiger partial charge on any atom is -0.351 e. The van der Waals surface area contributed by atoms with Crippen LogP contribution in [0.15, 0.2) is 75.0 Å². The average molecular weight is 325 g/mol. The van der Waals surface area contributed by atoms with Crippen molar-refractivity contribution < 1.29 is 9.32 Å². The molecule has 0 saturated heterocycles. The molecule has 1 aromatic heterocycles. The van der Waals surface area contributed by atoms with Crippen LogP contribution in [-0.4, -0.2) is 10.9 Å². The molecule has 0 aliphatic rings. The Hall–Kier alpha value is -2.33. The predicted molar refractivity (Wildman–Crippen MR) is 93.0 cm³/mol. The Balaban J connectivity index is 0.000000924. The summed E-state index contributed by atoms with van der Waals surface area (Å²) in [5.41, 5.74) is 1.33. The molecule has 0 atom stereocenters. The van der Waals surface area contributed by atoms with Gasteiger partial charge in [0.05, 0.1) is 10.6 Å². The maximum atomic E-state index is 12.5. The number of rotatable bonds is 4.